The molecule has 0 atom stereocenters. The molecule has 2 rings (SSSR count). The van der Waals surface area contributed by atoms with Gasteiger partial charge in [0.05, 0.1) is 14.9 Å². The summed E-state index contributed by atoms with van der Waals surface area (Å²) >= 11 is 11.7. The summed E-state index contributed by atoms with van der Waals surface area (Å²) in [5.41, 5.74) is 0.159. The summed E-state index contributed by atoms with van der Waals surface area (Å²) in [6.45, 7) is 0. The number of hydrogen-bond acceptors (Lipinski definition) is 3. The summed E-state index contributed by atoms with van der Waals surface area (Å²) in [7, 11) is 0. The van der Waals surface area contributed by atoms with Crippen molar-refractivity contribution in [3.05, 3.63) is 49.9 Å². The Morgan fingerprint density at radius 3 is 2.42 bits per heavy atom. The Labute approximate surface area is 119 Å². The van der Waals surface area contributed by atoms with E-state index in [9.17, 15) is 18.0 Å². The number of benzene rings is 1. The van der Waals surface area contributed by atoms with Crippen molar-refractivity contribution in [3.8, 4) is 0 Å². The maximum atomic E-state index is 12.4. The van der Waals surface area contributed by atoms with Crippen molar-refractivity contribution in [2.75, 3.05) is 0 Å². The van der Waals surface area contributed by atoms with Gasteiger partial charge in [0.15, 0.2) is 5.01 Å². The molecule has 8 heteroatoms. The Morgan fingerprint density at radius 2 is 1.89 bits per heavy atom. The van der Waals surface area contributed by atoms with E-state index in [0.29, 0.717) is 11.3 Å². The molecule has 0 amide bonds. The molecule has 0 aliphatic rings. The SMILES string of the molecule is O=C(c1ccc(Cl)c(Cl)c1)c1cnc(C(F)(F)F)s1. The molecule has 0 radical (unpaired) electrons. The lowest BCUT2D eigenvalue weighted by Gasteiger charge is -2.01. The minimum absolute atomic E-state index is 0.106. The predicted molar refractivity (Wildman–Crippen MR) is 67.0 cm³/mol. The Bertz CT molecular complexity index is 639. The van der Waals surface area contributed by atoms with Crippen LogP contribution in [-0.4, -0.2) is 10.8 Å². The van der Waals surface area contributed by atoms with Crippen molar-refractivity contribution >= 4 is 40.3 Å². The van der Waals surface area contributed by atoms with Crippen LogP contribution < -0.4 is 0 Å². The standard InChI is InChI=1S/C11H4Cl2F3NOS/c12-6-2-1-5(3-7(6)13)9(18)8-4-17-10(19-8)11(14,15)16/h1-4H. The third kappa shape index (κ3) is 3.08. The molecule has 2 nitrogen and oxygen atoms in total. The zero-order chi connectivity index (χ0) is 14.2. The van der Waals surface area contributed by atoms with E-state index in [4.69, 9.17) is 23.2 Å². The highest BCUT2D eigenvalue weighted by Crippen LogP contribution is 2.33. The number of rotatable bonds is 2. The molecule has 0 spiro atoms. The first-order chi connectivity index (χ1) is 8.79. The molecule has 0 aliphatic carbocycles. The Balaban J connectivity index is 2.34. The number of halogens is 5. The molecule has 19 heavy (non-hydrogen) atoms. The van der Waals surface area contributed by atoms with Crippen molar-refractivity contribution < 1.29 is 18.0 Å². The van der Waals surface area contributed by atoms with Gasteiger partial charge in [-0.15, -0.1) is 11.3 Å². The fourth-order valence-electron chi connectivity index (χ4n) is 1.29. The summed E-state index contributed by atoms with van der Waals surface area (Å²) in [6, 6.07) is 4.10. The fourth-order valence-corrected chi connectivity index (χ4v) is 2.33. The lowest BCUT2D eigenvalue weighted by atomic mass is 10.1. The molecule has 0 saturated heterocycles. The van der Waals surface area contributed by atoms with Crippen LogP contribution in [0.1, 0.15) is 20.2 Å². The van der Waals surface area contributed by atoms with Crippen LogP contribution in [0.2, 0.25) is 10.0 Å². The topological polar surface area (TPSA) is 30.0 Å². The van der Waals surface area contributed by atoms with Crippen LogP contribution in [0.5, 0.6) is 0 Å². The summed E-state index contributed by atoms with van der Waals surface area (Å²) in [5, 5.41) is -0.637. The number of nitrogens with zero attached hydrogens (tertiary/aromatic N) is 1. The van der Waals surface area contributed by atoms with Crippen molar-refractivity contribution in [2.24, 2.45) is 0 Å². The molecule has 0 bridgehead atoms. The summed E-state index contributed by atoms with van der Waals surface area (Å²) in [6.07, 6.45) is -3.65. The Morgan fingerprint density at radius 1 is 1.21 bits per heavy atom. The van der Waals surface area contributed by atoms with Crippen LogP contribution in [0.15, 0.2) is 24.4 Å². The van der Waals surface area contributed by atoms with Crippen LogP contribution in [0.3, 0.4) is 0 Å². The molecule has 1 aromatic heterocycles. The van der Waals surface area contributed by atoms with E-state index in [-0.39, 0.29) is 20.5 Å². The molecule has 1 heterocycles. The highest BCUT2D eigenvalue weighted by atomic mass is 35.5. The van der Waals surface area contributed by atoms with Gasteiger partial charge in [-0.3, -0.25) is 4.79 Å². The monoisotopic (exact) mass is 325 g/mol. The van der Waals surface area contributed by atoms with Gasteiger partial charge >= 0.3 is 6.18 Å². The van der Waals surface area contributed by atoms with Crippen LogP contribution in [0.25, 0.3) is 0 Å². The van der Waals surface area contributed by atoms with E-state index in [1.54, 1.807) is 0 Å². The molecule has 0 aliphatic heterocycles. The molecule has 1 aromatic carbocycles. The lowest BCUT2D eigenvalue weighted by molar-refractivity contribution is -0.137. The molecule has 0 fully saturated rings. The molecular weight excluding hydrogens is 322 g/mol. The first-order valence-corrected chi connectivity index (χ1v) is 6.39. The van der Waals surface area contributed by atoms with Gasteiger partial charge in [-0.05, 0) is 18.2 Å². The molecule has 0 unspecified atom stereocenters. The number of alkyl halides is 3. The Hall–Kier alpha value is -1.11. The fraction of sp³-hybridized carbons (Fsp3) is 0.0909. The van der Waals surface area contributed by atoms with Gasteiger partial charge in [-0.25, -0.2) is 4.98 Å². The average molecular weight is 326 g/mol. The summed E-state index contributed by atoms with van der Waals surface area (Å²) in [4.78, 5) is 15.0. The minimum atomic E-state index is -4.55. The van der Waals surface area contributed by atoms with Crippen LogP contribution in [0.4, 0.5) is 13.2 Å². The average Bonchev–Trinajstić information content (AvgIpc) is 2.81. The molecule has 0 saturated carbocycles. The number of aromatic nitrogens is 1. The predicted octanol–water partition coefficient (Wildman–Crippen LogP) is 4.70. The van der Waals surface area contributed by atoms with E-state index in [1.807, 2.05) is 0 Å². The summed E-state index contributed by atoms with van der Waals surface area (Å²) in [5.74, 6) is -0.577. The van der Waals surface area contributed by atoms with Gasteiger partial charge in [0, 0.05) is 11.8 Å². The smallest absolute Gasteiger partial charge is 0.288 e. The maximum Gasteiger partial charge on any atom is 0.443 e. The molecule has 100 valence electrons. The van der Waals surface area contributed by atoms with E-state index in [1.165, 1.54) is 18.2 Å². The van der Waals surface area contributed by atoms with E-state index >= 15 is 0 Å². The number of carbonyl (C=O) groups excluding carboxylic acids is 1. The van der Waals surface area contributed by atoms with E-state index < -0.39 is 17.0 Å². The highest BCUT2D eigenvalue weighted by molar-refractivity contribution is 7.14. The number of hydrogen-bond donors (Lipinski definition) is 0. The van der Waals surface area contributed by atoms with E-state index in [0.717, 1.165) is 6.20 Å². The molecule has 0 N–H and O–H groups in total. The van der Waals surface area contributed by atoms with Crippen molar-refractivity contribution in [3.63, 3.8) is 0 Å². The van der Waals surface area contributed by atoms with Crippen LogP contribution >= 0.6 is 34.5 Å². The first kappa shape index (κ1) is 14.3. The normalized spacial score (nSPS) is 11.6. The zero-order valence-electron chi connectivity index (χ0n) is 8.96. The third-order valence-corrected chi connectivity index (χ3v) is 3.93. The maximum absolute atomic E-state index is 12.4. The van der Waals surface area contributed by atoms with Crippen molar-refractivity contribution in [1.29, 1.82) is 0 Å². The molecule has 2 aromatic rings. The Kier molecular flexibility index (Phi) is 3.85. The van der Waals surface area contributed by atoms with Crippen LogP contribution in [0, 0.1) is 0 Å². The van der Waals surface area contributed by atoms with Crippen molar-refractivity contribution in [1.82, 2.24) is 4.98 Å². The first-order valence-electron chi connectivity index (χ1n) is 4.82. The second-order valence-electron chi connectivity index (χ2n) is 3.49. The van der Waals surface area contributed by atoms with E-state index in [2.05, 4.69) is 4.98 Å². The second kappa shape index (κ2) is 5.11. The van der Waals surface area contributed by atoms with Gasteiger partial charge in [-0.1, -0.05) is 23.2 Å². The van der Waals surface area contributed by atoms with Gasteiger partial charge in [0.2, 0.25) is 5.78 Å². The second-order valence-corrected chi connectivity index (χ2v) is 5.33. The van der Waals surface area contributed by atoms with Gasteiger partial charge in [-0.2, -0.15) is 13.2 Å². The highest BCUT2D eigenvalue weighted by Gasteiger charge is 2.35. The van der Waals surface area contributed by atoms with Crippen LogP contribution in [-0.2, 0) is 6.18 Å². The number of carbonyl (C=O) groups is 1. The largest absolute Gasteiger partial charge is 0.443 e. The lowest BCUT2D eigenvalue weighted by Crippen LogP contribution is -2.03. The van der Waals surface area contributed by atoms with Gasteiger partial charge in [0.25, 0.3) is 0 Å². The third-order valence-electron chi connectivity index (χ3n) is 2.15. The minimum Gasteiger partial charge on any atom is -0.288 e. The van der Waals surface area contributed by atoms with Gasteiger partial charge in [0.1, 0.15) is 0 Å². The number of ketones is 1. The summed E-state index contributed by atoms with van der Waals surface area (Å²) < 4.78 is 37.1. The van der Waals surface area contributed by atoms with Gasteiger partial charge < -0.3 is 0 Å². The number of thiazole rings is 1. The van der Waals surface area contributed by atoms with Crippen molar-refractivity contribution in [2.45, 2.75) is 6.18 Å². The quantitative estimate of drug-likeness (QED) is 0.749. The molecular formula is C11H4Cl2F3NOS. The zero-order valence-corrected chi connectivity index (χ0v) is 11.3.